The van der Waals surface area contributed by atoms with Gasteiger partial charge < -0.3 is 14.6 Å². The lowest BCUT2D eigenvalue weighted by Crippen LogP contribution is -2.23. The maximum atomic E-state index is 13.2. The van der Waals surface area contributed by atoms with Crippen molar-refractivity contribution in [3.63, 3.8) is 0 Å². The average molecular weight is 535 g/mol. The van der Waals surface area contributed by atoms with Gasteiger partial charge in [0.25, 0.3) is 0 Å². The van der Waals surface area contributed by atoms with E-state index in [-0.39, 0.29) is 12.4 Å². The quantitative estimate of drug-likeness (QED) is 0.274. The molecule has 2 aromatic heterocycles. The van der Waals surface area contributed by atoms with Gasteiger partial charge in [-0.15, -0.1) is 0 Å². The van der Waals surface area contributed by atoms with E-state index in [1.165, 1.54) is 25.0 Å². The molecule has 10 heteroatoms. The van der Waals surface area contributed by atoms with Crippen LogP contribution in [0.1, 0.15) is 48.7 Å². The molecule has 7 nitrogen and oxygen atoms in total. The molecule has 2 aromatic carbocycles. The van der Waals surface area contributed by atoms with Crippen LogP contribution in [-0.4, -0.2) is 33.2 Å². The summed E-state index contributed by atoms with van der Waals surface area (Å²) in [7, 11) is 1.57. The number of fused-ring (bicyclic) bond motifs is 1. The summed E-state index contributed by atoms with van der Waals surface area (Å²) in [6.45, 7) is 5.08. The zero-order valence-electron chi connectivity index (χ0n) is 22.0. The molecule has 4 aromatic rings. The highest BCUT2D eigenvalue weighted by Crippen LogP contribution is 2.37. The Morgan fingerprint density at radius 1 is 1.10 bits per heavy atom. The van der Waals surface area contributed by atoms with Crippen molar-refractivity contribution < 1.29 is 17.9 Å². The number of anilines is 1. The molecule has 0 atom stereocenters. The first kappa shape index (κ1) is 26.5. The molecule has 39 heavy (non-hydrogen) atoms. The van der Waals surface area contributed by atoms with E-state index < -0.39 is 11.7 Å². The number of aryl methyl sites for hydroxylation is 1. The molecule has 1 N–H and O–H groups in total. The van der Waals surface area contributed by atoms with E-state index in [9.17, 15) is 18.4 Å². The fraction of sp³-hybridized carbons (Fsp3) is 0.379. The third kappa shape index (κ3) is 5.53. The summed E-state index contributed by atoms with van der Waals surface area (Å²) in [6, 6.07) is 12.8. The van der Waals surface area contributed by atoms with Crippen LogP contribution in [0, 0.1) is 30.1 Å². The number of nitrogens with zero attached hydrogens (tertiary/aromatic N) is 5. The van der Waals surface area contributed by atoms with Crippen molar-refractivity contribution in [1.29, 1.82) is 5.26 Å². The highest BCUT2D eigenvalue weighted by atomic mass is 19.4. The monoisotopic (exact) mass is 534 g/mol. The van der Waals surface area contributed by atoms with E-state index in [2.05, 4.69) is 22.2 Å². The maximum absolute atomic E-state index is 13.2. The molecule has 1 saturated carbocycles. The molecule has 0 amide bonds. The third-order valence-electron chi connectivity index (χ3n) is 7.24. The van der Waals surface area contributed by atoms with Crippen molar-refractivity contribution in [3.8, 4) is 23.2 Å². The summed E-state index contributed by atoms with van der Waals surface area (Å²) in [5, 5.41) is 13.0. The normalized spacial score (nSPS) is 17.1. The Labute approximate surface area is 224 Å². The van der Waals surface area contributed by atoms with E-state index >= 15 is 0 Å². The Balaban J connectivity index is 1.62. The number of alkyl halides is 3. The number of nitrogens with one attached hydrogen (secondary N) is 1. The van der Waals surface area contributed by atoms with Gasteiger partial charge in [0.05, 0.1) is 18.2 Å². The van der Waals surface area contributed by atoms with Crippen LogP contribution in [0.15, 0.2) is 42.5 Å². The molecule has 1 aliphatic rings. The molecular formula is C29H29F3N6O. The summed E-state index contributed by atoms with van der Waals surface area (Å²) < 4.78 is 47.0. The van der Waals surface area contributed by atoms with Gasteiger partial charge in [-0.25, -0.2) is 4.98 Å². The molecule has 2 heterocycles. The van der Waals surface area contributed by atoms with Crippen molar-refractivity contribution in [1.82, 2.24) is 19.5 Å². The van der Waals surface area contributed by atoms with E-state index in [0.717, 1.165) is 30.0 Å². The van der Waals surface area contributed by atoms with E-state index in [1.54, 1.807) is 7.11 Å². The van der Waals surface area contributed by atoms with E-state index in [4.69, 9.17) is 9.72 Å². The number of benzene rings is 2. The SMILES string of the molecule is COc1ccc(C)cc1-c1nc2nc(C#N)nc(NCCC3CC(C)C3)c2n1Cc1ccc(C(F)(F)F)cc1. The standard InChI is InChI=1S/C29H29F3N6O/c1-17-4-9-23(39-3)22(14-17)28-37-27-25(38(28)16-19-5-7-21(8-6-19)29(30,31)32)26(35-24(15-33)36-27)34-11-10-20-12-18(2)13-20/h4-9,14,18,20H,10-13,16H2,1-3H3,(H,34,35,36). The van der Waals surface area contributed by atoms with E-state index in [1.807, 2.05) is 35.8 Å². The van der Waals surface area contributed by atoms with Gasteiger partial charge >= 0.3 is 6.18 Å². The van der Waals surface area contributed by atoms with Crippen molar-refractivity contribution in [2.45, 2.75) is 45.8 Å². The Hall–Kier alpha value is -4.13. The summed E-state index contributed by atoms with van der Waals surface area (Å²) in [4.78, 5) is 13.6. The lowest BCUT2D eigenvalue weighted by atomic mass is 9.74. The van der Waals surface area contributed by atoms with Crippen LogP contribution in [0.3, 0.4) is 0 Å². The second-order valence-electron chi connectivity index (χ2n) is 10.3. The van der Waals surface area contributed by atoms with Crippen LogP contribution in [0.4, 0.5) is 19.0 Å². The lowest BCUT2D eigenvalue weighted by molar-refractivity contribution is -0.137. The van der Waals surface area contributed by atoms with Crippen LogP contribution in [0.2, 0.25) is 0 Å². The predicted octanol–water partition coefficient (Wildman–Crippen LogP) is 6.60. The first-order valence-electron chi connectivity index (χ1n) is 12.9. The summed E-state index contributed by atoms with van der Waals surface area (Å²) in [5.41, 5.74) is 2.53. The highest BCUT2D eigenvalue weighted by Gasteiger charge is 2.30. The van der Waals surface area contributed by atoms with Crippen LogP contribution in [0.5, 0.6) is 5.75 Å². The predicted molar refractivity (Wildman–Crippen MR) is 142 cm³/mol. The van der Waals surface area contributed by atoms with Crippen LogP contribution in [-0.2, 0) is 12.7 Å². The summed E-state index contributed by atoms with van der Waals surface area (Å²) in [5.74, 6) is 2.98. The van der Waals surface area contributed by atoms with Gasteiger partial charge in [0, 0.05) is 13.1 Å². The highest BCUT2D eigenvalue weighted by molar-refractivity contribution is 5.88. The number of ether oxygens (including phenoxy) is 1. The average Bonchev–Trinajstić information content (AvgIpc) is 3.25. The third-order valence-corrected chi connectivity index (χ3v) is 7.24. The lowest BCUT2D eigenvalue weighted by Gasteiger charge is -2.32. The Kier molecular flexibility index (Phi) is 7.17. The molecule has 202 valence electrons. The minimum Gasteiger partial charge on any atom is -0.496 e. The molecule has 0 radical (unpaired) electrons. The Morgan fingerprint density at radius 3 is 2.49 bits per heavy atom. The number of imidazole rings is 1. The van der Waals surface area contributed by atoms with Crippen LogP contribution >= 0.6 is 0 Å². The summed E-state index contributed by atoms with van der Waals surface area (Å²) >= 11 is 0. The molecular weight excluding hydrogens is 505 g/mol. The number of aromatic nitrogens is 4. The Morgan fingerprint density at radius 2 is 1.85 bits per heavy atom. The van der Waals surface area contributed by atoms with Gasteiger partial charge in [0.1, 0.15) is 23.2 Å². The molecule has 0 spiro atoms. The van der Waals surface area contributed by atoms with Gasteiger partial charge in [-0.1, -0.05) is 30.7 Å². The van der Waals surface area contributed by atoms with Gasteiger partial charge in [-0.2, -0.15) is 28.4 Å². The van der Waals surface area contributed by atoms with Crippen molar-refractivity contribution >= 4 is 17.0 Å². The van der Waals surface area contributed by atoms with Crippen molar-refractivity contribution in [2.24, 2.45) is 11.8 Å². The van der Waals surface area contributed by atoms with Crippen LogP contribution in [0.25, 0.3) is 22.6 Å². The first-order valence-corrected chi connectivity index (χ1v) is 12.9. The largest absolute Gasteiger partial charge is 0.496 e. The molecule has 0 saturated heterocycles. The number of hydrogen-bond acceptors (Lipinski definition) is 6. The zero-order valence-corrected chi connectivity index (χ0v) is 22.0. The number of methoxy groups -OCH3 is 1. The number of nitriles is 1. The minimum atomic E-state index is -4.42. The minimum absolute atomic E-state index is 0.01000. The number of hydrogen-bond donors (Lipinski definition) is 1. The van der Waals surface area contributed by atoms with Crippen molar-refractivity contribution in [3.05, 3.63) is 65.0 Å². The topological polar surface area (TPSA) is 88.7 Å². The zero-order chi connectivity index (χ0) is 27.7. The number of halogens is 3. The van der Waals surface area contributed by atoms with Crippen LogP contribution < -0.4 is 10.1 Å². The van der Waals surface area contributed by atoms with Crippen molar-refractivity contribution in [2.75, 3.05) is 19.0 Å². The fourth-order valence-electron chi connectivity index (χ4n) is 5.25. The second kappa shape index (κ2) is 10.6. The van der Waals surface area contributed by atoms with Gasteiger partial charge in [-0.3, -0.25) is 0 Å². The number of rotatable bonds is 8. The van der Waals surface area contributed by atoms with Gasteiger partial charge in [-0.05, 0) is 67.9 Å². The molecule has 0 unspecified atom stereocenters. The first-order chi connectivity index (χ1) is 18.7. The molecule has 1 aliphatic carbocycles. The maximum Gasteiger partial charge on any atom is 0.416 e. The van der Waals surface area contributed by atoms with Gasteiger partial charge in [0.15, 0.2) is 11.5 Å². The Bertz CT molecular complexity index is 1530. The fourth-order valence-corrected chi connectivity index (χ4v) is 5.25. The summed E-state index contributed by atoms with van der Waals surface area (Å²) in [6.07, 6.45) is -1.04. The van der Waals surface area contributed by atoms with Gasteiger partial charge in [0.2, 0.25) is 5.82 Å². The molecule has 0 aliphatic heterocycles. The van der Waals surface area contributed by atoms with E-state index in [0.29, 0.717) is 52.1 Å². The molecule has 1 fully saturated rings. The molecule has 0 bridgehead atoms. The second-order valence-corrected chi connectivity index (χ2v) is 10.3. The smallest absolute Gasteiger partial charge is 0.416 e. The molecule has 5 rings (SSSR count).